The van der Waals surface area contributed by atoms with Crippen molar-refractivity contribution < 1.29 is 14.3 Å². The number of carboxylic acids is 1. The van der Waals surface area contributed by atoms with Gasteiger partial charge in [-0.3, -0.25) is 0 Å². The van der Waals surface area contributed by atoms with Gasteiger partial charge in [-0.15, -0.1) is 0 Å². The Balaban J connectivity index is 2.00. The fourth-order valence-corrected chi connectivity index (χ4v) is 2.07. The molecule has 1 aliphatic rings. The van der Waals surface area contributed by atoms with E-state index in [9.17, 15) is 4.79 Å². The van der Waals surface area contributed by atoms with Crippen LogP contribution in [-0.2, 0) is 0 Å². The van der Waals surface area contributed by atoms with E-state index >= 15 is 0 Å². The lowest BCUT2D eigenvalue weighted by Crippen LogP contribution is -2.32. The van der Waals surface area contributed by atoms with E-state index < -0.39 is 5.97 Å². The van der Waals surface area contributed by atoms with Gasteiger partial charge in [0.2, 0.25) is 5.76 Å². The molecule has 0 unspecified atom stereocenters. The monoisotopic (exact) mass is 224 g/mol. The van der Waals surface area contributed by atoms with Crippen LogP contribution in [0.1, 0.15) is 42.1 Å². The maximum absolute atomic E-state index is 10.7. The van der Waals surface area contributed by atoms with Crippen molar-refractivity contribution in [3.8, 4) is 0 Å². The number of aromatic carboxylic acids is 1. The summed E-state index contributed by atoms with van der Waals surface area (Å²) in [5.41, 5.74) is 0. The number of piperidine rings is 1. The molecule has 1 saturated heterocycles. The Hall–Kier alpha value is -1.36. The largest absolute Gasteiger partial charge is 0.475 e. The van der Waals surface area contributed by atoms with Crippen LogP contribution in [0, 0.1) is 0 Å². The van der Waals surface area contributed by atoms with Crippen LogP contribution in [0.15, 0.2) is 10.6 Å². The zero-order valence-corrected chi connectivity index (χ0v) is 9.35. The third kappa shape index (κ3) is 2.24. The van der Waals surface area contributed by atoms with Crippen LogP contribution in [0.2, 0.25) is 0 Å². The normalized spacial score (nSPS) is 18.8. The Bertz CT molecular complexity index is 367. The molecule has 2 rings (SSSR count). The molecule has 1 fully saturated rings. The fraction of sp³-hybridized carbons (Fsp3) is 0.636. The quantitative estimate of drug-likeness (QED) is 0.844. The Morgan fingerprint density at radius 2 is 2.31 bits per heavy atom. The second kappa shape index (κ2) is 4.65. The summed E-state index contributed by atoms with van der Waals surface area (Å²) in [6.07, 6.45) is 3.28. The minimum atomic E-state index is -1.05. The van der Waals surface area contributed by atoms with Crippen molar-refractivity contribution in [2.45, 2.75) is 25.7 Å². The van der Waals surface area contributed by atoms with Crippen molar-refractivity contribution in [2.24, 2.45) is 0 Å². The van der Waals surface area contributed by atoms with Gasteiger partial charge in [0, 0.05) is 5.92 Å². The summed E-state index contributed by atoms with van der Waals surface area (Å²) in [5, 5.41) is 8.73. The minimum Gasteiger partial charge on any atom is -0.475 e. The van der Waals surface area contributed by atoms with Crippen LogP contribution in [0.5, 0.6) is 0 Å². The number of aromatic nitrogens is 1. The molecule has 0 atom stereocenters. The van der Waals surface area contributed by atoms with Gasteiger partial charge in [-0.25, -0.2) is 9.78 Å². The highest BCUT2D eigenvalue weighted by molar-refractivity contribution is 5.83. The molecule has 5 nitrogen and oxygen atoms in total. The molecule has 0 amide bonds. The number of carbonyl (C=O) groups is 1. The van der Waals surface area contributed by atoms with E-state index in [4.69, 9.17) is 9.52 Å². The van der Waals surface area contributed by atoms with Crippen molar-refractivity contribution in [2.75, 3.05) is 19.6 Å². The third-order valence-electron chi connectivity index (χ3n) is 3.12. The van der Waals surface area contributed by atoms with Gasteiger partial charge in [0.1, 0.15) is 0 Å². The van der Waals surface area contributed by atoms with Gasteiger partial charge in [0.25, 0.3) is 0 Å². The summed E-state index contributed by atoms with van der Waals surface area (Å²) in [6, 6.07) is 0. The number of likely N-dealkylation sites (tertiary alicyclic amines) is 1. The molecule has 1 aliphatic heterocycles. The third-order valence-corrected chi connectivity index (χ3v) is 3.12. The molecule has 5 heteroatoms. The fourth-order valence-electron chi connectivity index (χ4n) is 2.07. The molecule has 1 N–H and O–H groups in total. The predicted octanol–water partition coefficient (Wildman–Crippen LogP) is 1.57. The van der Waals surface area contributed by atoms with Crippen molar-refractivity contribution in [3.63, 3.8) is 0 Å². The zero-order chi connectivity index (χ0) is 11.5. The highest BCUT2D eigenvalue weighted by Gasteiger charge is 2.24. The number of rotatable bonds is 3. The first-order valence-electron chi connectivity index (χ1n) is 5.62. The van der Waals surface area contributed by atoms with Crippen LogP contribution in [-0.4, -0.2) is 40.6 Å². The summed E-state index contributed by atoms with van der Waals surface area (Å²) < 4.78 is 5.22. The van der Waals surface area contributed by atoms with Crippen molar-refractivity contribution >= 4 is 5.97 Å². The smallest absolute Gasteiger partial charge is 0.373 e. The highest BCUT2D eigenvalue weighted by atomic mass is 16.4. The minimum absolute atomic E-state index is 0.0621. The van der Waals surface area contributed by atoms with Crippen LogP contribution < -0.4 is 0 Å². The number of carboxylic acid groups (broad SMARTS) is 1. The number of oxazole rings is 1. The number of hydrogen-bond donors (Lipinski definition) is 1. The van der Waals surface area contributed by atoms with E-state index in [-0.39, 0.29) is 11.7 Å². The molecule has 2 heterocycles. The number of nitrogens with zero attached hydrogens (tertiary/aromatic N) is 2. The van der Waals surface area contributed by atoms with E-state index in [0.717, 1.165) is 32.5 Å². The first kappa shape index (κ1) is 11.1. The second-order valence-corrected chi connectivity index (χ2v) is 4.08. The Morgan fingerprint density at radius 3 is 2.81 bits per heavy atom. The molecule has 0 saturated carbocycles. The predicted molar refractivity (Wildman–Crippen MR) is 57.6 cm³/mol. The first-order valence-corrected chi connectivity index (χ1v) is 5.62. The van der Waals surface area contributed by atoms with Gasteiger partial charge in [0.05, 0.1) is 6.20 Å². The lowest BCUT2D eigenvalue weighted by molar-refractivity contribution is 0.0658. The van der Waals surface area contributed by atoms with E-state index in [1.54, 1.807) is 0 Å². The molecular formula is C11H16N2O3. The molecule has 0 aliphatic carbocycles. The summed E-state index contributed by atoms with van der Waals surface area (Å²) >= 11 is 0. The van der Waals surface area contributed by atoms with Gasteiger partial charge >= 0.3 is 5.97 Å². The molecule has 1 aromatic heterocycles. The van der Waals surface area contributed by atoms with E-state index in [1.807, 2.05) is 0 Å². The molecule has 0 bridgehead atoms. The van der Waals surface area contributed by atoms with E-state index in [0.29, 0.717) is 5.89 Å². The van der Waals surface area contributed by atoms with Crippen LogP contribution >= 0.6 is 0 Å². The van der Waals surface area contributed by atoms with E-state index in [2.05, 4.69) is 16.8 Å². The SMILES string of the molecule is CCN1CCC(c2ncc(C(=O)O)o2)CC1. The molecule has 0 spiro atoms. The average Bonchev–Trinajstić information content (AvgIpc) is 2.78. The lowest BCUT2D eigenvalue weighted by atomic mass is 9.97. The Kier molecular flexibility index (Phi) is 3.24. The van der Waals surface area contributed by atoms with Crippen molar-refractivity contribution in [1.29, 1.82) is 0 Å². The highest BCUT2D eigenvalue weighted by Crippen LogP contribution is 2.27. The average molecular weight is 224 g/mol. The van der Waals surface area contributed by atoms with Crippen LogP contribution in [0.3, 0.4) is 0 Å². The molecule has 1 aromatic rings. The lowest BCUT2D eigenvalue weighted by Gasteiger charge is -2.29. The summed E-state index contributed by atoms with van der Waals surface area (Å²) in [5.74, 6) is -0.262. The molecular weight excluding hydrogens is 208 g/mol. The summed E-state index contributed by atoms with van der Waals surface area (Å²) in [4.78, 5) is 17.1. The molecule has 0 aromatic carbocycles. The van der Waals surface area contributed by atoms with Gasteiger partial charge in [-0.05, 0) is 32.5 Å². The Morgan fingerprint density at radius 1 is 1.62 bits per heavy atom. The molecule has 16 heavy (non-hydrogen) atoms. The van der Waals surface area contributed by atoms with Gasteiger partial charge in [0.15, 0.2) is 5.89 Å². The standard InChI is InChI=1S/C11H16N2O3/c1-2-13-5-3-8(4-6-13)10-12-7-9(16-10)11(14)15/h7-8H,2-6H2,1H3,(H,14,15). The van der Waals surface area contributed by atoms with Crippen molar-refractivity contribution in [3.05, 3.63) is 17.8 Å². The van der Waals surface area contributed by atoms with Crippen molar-refractivity contribution in [1.82, 2.24) is 9.88 Å². The zero-order valence-electron chi connectivity index (χ0n) is 9.35. The Labute approximate surface area is 94.1 Å². The topological polar surface area (TPSA) is 66.6 Å². The molecule has 0 radical (unpaired) electrons. The maximum atomic E-state index is 10.7. The van der Waals surface area contributed by atoms with Gasteiger partial charge in [-0.1, -0.05) is 6.92 Å². The van der Waals surface area contributed by atoms with Crippen LogP contribution in [0.25, 0.3) is 0 Å². The summed E-state index contributed by atoms with van der Waals surface area (Å²) in [6.45, 7) is 5.28. The first-order chi connectivity index (χ1) is 7.70. The second-order valence-electron chi connectivity index (χ2n) is 4.08. The number of hydrogen-bond acceptors (Lipinski definition) is 4. The molecule has 88 valence electrons. The maximum Gasteiger partial charge on any atom is 0.373 e. The summed E-state index contributed by atoms with van der Waals surface area (Å²) in [7, 11) is 0. The van der Waals surface area contributed by atoms with Gasteiger partial charge < -0.3 is 14.4 Å². The van der Waals surface area contributed by atoms with E-state index in [1.165, 1.54) is 6.20 Å². The van der Waals surface area contributed by atoms with Crippen LogP contribution in [0.4, 0.5) is 0 Å². The van der Waals surface area contributed by atoms with Gasteiger partial charge in [-0.2, -0.15) is 0 Å².